The van der Waals surface area contributed by atoms with Gasteiger partial charge < -0.3 is 10.6 Å². The number of aliphatic imine (C=N–C) groups is 1. The summed E-state index contributed by atoms with van der Waals surface area (Å²) in [4.78, 5) is 4.62. The fourth-order valence-corrected chi connectivity index (χ4v) is 4.55. The van der Waals surface area contributed by atoms with Crippen molar-refractivity contribution in [2.24, 2.45) is 4.99 Å². The second-order valence-electron chi connectivity index (χ2n) is 6.48. The predicted octanol–water partition coefficient (Wildman–Crippen LogP) is 3.02. The third-order valence-electron chi connectivity index (χ3n) is 3.99. The maximum absolute atomic E-state index is 11.5. The molecule has 0 aliphatic carbocycles. The highest BCUT2D eigenvalue weighted by atomic mass is 127. The fraction of sp³-hybridized carbons (Fsp3) is 0.588. The van der Waals surface area contributed by atoms with Crippen molar-refractivity contribution in [3.63, 3.8) is 0 Å². The first kappa shape index (κ1) is 23.4. The number of rotatable bonds is 7. The van der Waals surface area contributed by atoms with E-state index in [0.29, 0.717) is 12.2 Å². The van der Waals surface area contributed by atoms with E-state index >= 15 is 0 Å². The van der Waals surface area contributed by atoms with Crippen molar-refractivity contribution in [2.45, 2.75) is 38.0 Å². The number of halogens is 1. The van der Waals surface area contributed by atoms with E-state index in [2.05, 4.69) is 27.3 Å². The van der Waals surface area contributed by atoms with Crippen molar-refractivity contribution in [2.75, 3.05) is 29.8 Å². The number of guanidine groups is 1. The Morgan fingerprint density at radius 2 is 2.04 bits per heavy atom. The Labute approximate surface area is 178 Å². The number of hydrogen-bond acceptors (Lipinski definition) is 4. The zero-order valence-corrected chi connectivity index (χ0v) is 19.5. The van der Waals surface area contributed by atoms with Crippen molar-refractivity contribution in [3.05, 3.63) is 29.8 Å². The Hall–Kier alpha value is -0.680. The van der Waals surface area contributed by atoms with E-state index in [1.165, 1.54) is 18.6 Å². The molecule has 0 amide bonds. The minimum Gasteiger partial charge on any atom is -0.357 e. The SMILES string of the molecule is CCNC(=NCc1ccccc1NS(C)(=O)=O)NCC1(C)CCCS1.I. The van der Waals surface area contributed by atoms with Crippen molar-refractivity contribution in [1.29, 1.82) is 0 Å². The van der Waals surface area contributed by atoms with Gasteiger partial charge in [-0.25, -0.2) is 13.4 Å². The monoisotopic (exact) mass is 512 g/mol. The van der Waals surface area contributed by atoms with Crippen LogP contribution in [-0.4, -0.2) is 44.2 Å². The summed E-state index contributed by atoms with van der Waals surface area (Å²) < 4.78 is 25.8. The van der Waals surface area contributed by atoms with Crippen LogP contribution in [0.15, 0.2) is 29.3 Å². The molecular formula is C17H29IN4O2S2. The van der Waals surface area contributed by atoms with Gasteiger partial charge in [0.2, 0.25) is 10.0 Å². The van der Waals surface area contributed by atoms with Gasteiger partial charge in [0.25, 0.3) is 0 Å². The van der Waals surface area contributed by atoms with Crippen LogP contribution in [0.4, 0.5) is 5.69 Å². The van der Waals surface area contributed by atoms with E-state index in [1.807, 2.05) is 36.9 Å². The molecule has 0 radical (unpaired) electrons. The summed E-state index contributed by atoms with van der Waals surface area (Å²) in [5, 5.41) is 6.67. The first-order chi connectivity index (χ1) is 11.8. The minimum atomic E-state index is -3.31. The molecule has 1 unspecified atom stereocenters. The molecular weight excluding hydrogens is 483 g/mol. The zero-order chi connectivity index (χ0) is 18.3. The lowest BCUT2D eigenvalue weighted by molar-refractivity contribution is 0.584. The minimum absolute atomic E-state index is 0. The summed E-state index contributed by atoms with van der Waals surface area (Å²) in [6.07, 6.45) is 3.63. The molecule has 1 atom stereocenters. The lowest BCUT2D eigenvalue weighted by Crippen LogP contribution is -2.43. The summed E-state index contributed by atoms with van der Waals surface area (Å²) >= 11 is 2.01. The van der Waals surface area contributed by atoms with E-state index in [-0.39, 0.29) is 28.7 Å². The number of thioether (sulfide) groups is 1. The van der Waals surface area contributed by atoms with Gasteiger partial charge in [0.15, 0.2) is 5.96 Å². The molecule has 1 heterocycles. The largest absolute Gasteiger partial charge is 0.357 e. The molecule has 148 valence electrons. The fourth-order valence-electron chi connectivity index (χ4n) is 2.71. The molecule has 1 aliphatic rings. The molecule has 26 heavy (non-hydrogen) atoms. The molecule has 1 aliphatic heterocycles. The predicted molar refractivity (Wildman–Crippen MR) is 123 cm³/mol. The van der Waals surface area contributed by atoms with Crippen molar-refractivity contribution in [1.82, 2.24) is 10.6 Å². The Bertz CT molecular complexity index is 704. The van der Waals surface area contributed by atoms with Gasteiger partial charge in [-0.05, 0) is 44.1 Å². The quantitative estimate of drug-likeness (QED) is 0.297. The summed E-state index contributed by atoms with van der Waals surface area (Å²) in [7, 11) is -3.31. The van der Waals surface area contributed by atoms with Gasteiger partial charge in [-0.1, -0.05) is 18.2 Å². The normalized spacial score (nSPS) is 20.3. The summed E-state index contributed by atoms with van der Waals surface area (Å²) in [6, 6.07) is 7.33. The van der Waals surface area contributed by atoms with Crippen LogP contribution in [0, 0.1) is 0 Å². The molecule has 1 aromatic carbocycles. The number of anilines is 1. The number of para-hydroxylation sites is 1. The second kappa shape index (κ2) is 10.6. The van der Waals surface area contributed by atoms with Crippen LogP contribution in [0.1, 0.15) is 32.3 Å². The summed E-state index contributed by atoms with van der Waals surface area (Å²) in [6.45, 7) is 6.36. The maximum atomic E-state index is 11.5. The highest BCUT2D eigenvalue weighted by Crippen LogP contribution is 2.36. The molecule has 6 nitrogen and oxygen atoms in total. The van der Waals surface area contributed by atoms with E-state index < -0.39 is 10.0 Å². The van der Waals surface area contributed by atoms with Gasteiger partial charge in [0, 0.05) is 17.8 Å². The Morgan fingerprint density at radius 3 is 2.65 bits per heavy atom. The van der Waals surface area contributed by atoms with Crippen molar-refractivity contribution in [3.8, 4) is 0 Å². The Morgan fingerprint density at radius 1 is 1.31 bits per heavy atom. The van der Waals surface area contributed by atoms with E-state index in [4.69, 9.17) is 0 Å². The zero-order valence-electron chi connectivity index (χ0n) is 15.5. The molecule has 1 fully saturated rings. The maximum Gasteiger partial charge on any atom is 0.229 e. The van der Waals surface area contributed by atoms with Crippen molar-refractivity contribution >= 4 is 57.4 Å². The van der Waals surface area contributed by atoms with Crippen LogP contribution >= 0.6 is 35.7 Å². The molecule has 0 bridgehead atoms. The van der Waals surface area contributed by atoms with E-state index in [0.717, 1.165) is 30.9 Å². The molecule has 9 heteroatoms. The van der Waals surface area contributed by atoms with Gasteiger partial charge in [-0.3, -0.25) is 4.72 Å². The van der Waals surface area contributed by atoms with Crippen molar-refractivity contribution < 1.29 is 8.42 Å². The highest BCUT2D eigenvalue weighted by molar-refractivity contribution is 14.0. The molecule has 2 rings (SSSR count). The number of sulfonamides is 1. The Kier molecular flexibility index (Phi) is 9.53. The Balaban J connectivity index is 0.00000338. The summed E-state index contributed by atoms with van der Waals surface area (Å²) in [5.74, 6) is 1.97. The molecule has 0 saturated carbocycles. The molecule has 1 saturated heterocycles. The first-order valence-corrected chi connectivity index (χ1v) is 11.4. The van der Waals surface area contributed by atoms with Crippen LogP contribution in [0.25, 0.3) is 0 Å². The average Bonchev–Trinajstić information content (AvgIpc) is 2.97. The number of hydrogen-bond donors (Lipinski definition) is 3. The lowest BCUT2D eigenvalue weighted by atomic mass is 10.1. The van der Waals surface area contributed by atoms with Crippen LogP contribution in [0.5, 0.6) is 0 Å². The van der Waals surface area contributed by atoms with Crippen LogP contribution < -0.4 is 15.4 Å². The number of benzene rings is 1. The average molecular weight is 512 g/mol. The summed E-state index contributed by atoms with van der Waals surface area (Å²) in [5.41, 5.74) is 1.41. The van der Waals surface area contributed by atoms with Crippen LogP contribution in [0.2, 0.25) is 0 Å². The van der Waals surface area contributed by atoms with Gasteiger partial charge in [0.1, 0.15) is 0 Å². The molecule has 0 aromatic heterocycles. The van der Waals surface area contributed by atoms with Gasteiger partial charge in [0.05, 0.1) is 18.5 Å². The standard InChI is InChI=1S/C17H28N4O2S2.HI/c1-4-18-16(20-13-17(2)10-7-11-24-17)19-12-14-8-5-6-9-15(14)21-25(3,22)23;/h5-6,8-9,21H,4,7,10-13H2,1-3H3,(H2,18,19,20);1H. The van der Waals surface area contributed by atoms with E-state index in [9.17, 15) is 8.42 Å². The van der Waals surface area contributed by atoms with Crippen LogP contribution in [0.3, 0.4) is 0 Å². The third kappa shape index (κ3) is 7.91. The second-order valence-corrected chi connectivity index (χ2v) is 9.91. The van der Waals surface area contributed by atoms with Gasteiger partial charge in [-0.15, -0.1) is 24.0 Å². The topological polar surface area (TPSA) is 82.6 Å². The molecule has 3 N–H and O–H groups in total. The van der Waals surface area contributed by atoms with E-state index in [1.54, 1.807) is 6.07 Å². The highest BCUT2D eigenvalue weighted by Gasteiger charge is 2.29. The smallest absolute Gasteiger partial charge is 0.229 e. The van der Waals surface area contributed by atoms with Gasteiger partial charge in [-0.2, -0.15) is 11.8 Å². The van der Waals surface area contributed by atoms with Gasteiger partial charge >= 0.3 is 0 Å². The van der Waals surface area contributed by atoms with Crippen LogP contribution in [-0.2, 0) is 16.6 Å². The molecule has 0 spiro atoms. The molecule has 1 aromatic rings. The number of nitrogens with zero attached hydrogens (tertiary/aromatic N) is 1. The number of nitrogens with one attached hydrogen (secondary N) is 3. The lowest BCUT2D eigenvalue weighted by Gasteiger charge is -2.24. The first-order valence-electron chi connectivity index (χ1n) is 8.53. The third-order valence-corrected chi connectivity index (χ3v) is 6.12.